The number of nitrogens with zero attached hydrogens (tertiary/aromatic N) is 5. The Labute approximate surface area is 187 Å². The van der Waals surface area contributed by atoms with Gasteiger partial charge in [-0.2, -0.15) is 5.10 Å². The standard InChI is InChI=1S/C23H19FN8O/c24-19-15(5-6-17-20(19)27-11-26-17)23(33)25-8-7-13-10-32(18-4-2-1-3-14(13)18)22-16-9-30-31-21(16)28-12-29-22/h1-6,9,11-13H,7-8,10H2,(H,25,33)(H,26,27)(H,28,29,30,31). The van der Waals surface area contributed by atoms with E-state index in [1.165, 1.54) is 24.3 Å². The van der Waals surface area contributed by atoms with Gasteiger partial charge >= 0.3 is 0 Å². The van der Waals surface area contributed by atoms with E-state index in [1.54, 1.807) is 12.3 Å². The van der Waals surface area contributed by atoms with E-state index in [0.29, 0.717) is 30.7 Å². The zero-order valence-electron chi connectivity index (χ0n) is 17.4. The number of para-hydroxylation sites is 1. The third-order valence-corrected chi connectivity index (χ3v) is 6.11. The van der Waals surface area contributed by atoms with Gasteiger partial charge in [0.25, 0.3) is 5.91 Å². The van der Waals surface area contributed by atoms with Crippen LogP contribution in [0.3, 0.4) is 0 Å². The first kappa shape index (κ1) is 19.4. The third kappa shape index (κ3) is 3.18. The minimum atomic E-state index is -0.614. The Hall–Kier alpha value is -4.34. The molecule has 1 amide bonds. The second kappa shape index (κ2) is 7.66. The molecule has 0 radical (unpaired) electrons. The Balaban J connectivity index is 1.20. The van der Waals surface area contributed by atoms with Gasteiger partial charge in [-0.25, -0.2) is 19.3 Å². The largest absolute Gasteiger partial charge is 0.352 e. The van der Waals surface area contributed by atoms with Gasteiger partial charge in [-0.1, -0.05) is 18.2 Å². The van der Waals surface area contributed by atoms with E-state index >= 15 is 0 Å². The Morgan fingerprint density at radius 2 is 2.09 bits per heavy atom. The highest BCUT2D eigenvalue weighted by atomic mass is 19.1. The highest BCUT2D eigenvalue weighted by Crippen LogP contribution is 2.42. The number of halogens is 1. The quantitative estimate of drug-likeness (QED) is 0.384. The first-order valence-corrected chi connectivity index (χ1v) is 10.6. The Morgan fingerprint density at radius 1 is 1.18 bits per heavy atom. The maximum absolute atomic E-state index is 14.6. The summed E-state index contributed by atoms with van der Waals surface area (Å²) in [6.07, 6.45) is 5.36. The van der Waals surface area contributed by atoms with Crippen LogP contribution in [-0.4, -0.2) is 49.1 Å². The monoisotopic (exact) mass is 442 g/mol. The summed E-state index contributed by atoms with van der Waals surface area (Å²) in [6.45, 7) is 1.12. The summed E-state index contributed by atoms with van der Waals surface area (Å²) in [5.41, 5.74) is 3.66. The van der Waals surface area contributed by atoms with E-state index in [2.05, 4.69) is 52.5 Å². The molecule has 1 aliphatic rings. The number of carbonyl (C=O) groups excluding carboxylic acids is 1. The molecule has 0 fully saturated rings. The van der Waals surface area contributed by atoms with E-state index in [9.17, 15) is 9.18 Å². The number of aromatic amines is 2. The van der Waals surface area contributed by atoms with Crippen LogP contribution in [0, 0.1) is 5.82 Å². The average Bonchev–Trinajstić information content (AvgIpc) is 3.58. The van der Waals surface area contributed by atoms with Crippen LogP contribution in [0.25, 0.3) is 22.1 Å². The number of anilines is 2. The Kier molecular flexibility index (Phi) is 4.49. The minimum absolute atomic E-state index is 0.00798. The molecule has 1 unspecified atom stereocenters. The molecule has 6 rings (SSSR count). The predicted octanol–water partition coefficient (Wildman–Crippen LogP) is 3.42. The number of carbonyl (C=O) groups is 1. The van der Waals surface area contributed by atoms with Gasteiger partial charge in [-0.05, 0) is 30.2 Å². The zero-order chi connectivity index (χ0) is 22.4. The molecule has 4 heterocycles. The van der Waals surface area contributed by atoms with Crippen molar-refractivity contribution in [3.63, 3.8) is 0 Å². The highest BCUT2D eigenvalue weighted by Gasteiger charge is 2.31. The van der Waals surface area contributed by atoms with Gasteiger partial charge in [0.1, 0.15) is 17.7 Å². The van der Waals surface area contributed by atoms with Crippen molar-refractivity contribution in [2.45, 2.75) is 12.3 Å². The Morgan fingerprint density at radius 3 is 3.03 bits per heavy atom. The van der Waals surface area contributed by atoms with Crippen LogP contribution in [0.4, 0.5) is 15.9 Å². The van der Waals surface area contributed by atoms with E-state index in [0.717, 1.165) is 16.9 Å². The van der Waals surface area contributed by atoms with Gasteiger partial charge in [0.2, 0.25) is 0 Å². The number of hydrogen-bond acceptors (Lipinski definition) is 6. The highest BCUT2D eigenvalue weighted by molar-refractivity contribution is 5.97. The zero-order valence-corrected chi connectivity index (χ0v) is 17.4. The van der Waals surface area contributed by atoms with Crippen molar-refractivity contribution in [2.75, 3.05) is 18.0 Å². The number of rotatable bonds is 5. The summed E-state index contributed by atoms with van der Waals surface area (Å²) in [4.78, 5) is 30.3. The van der Waals surface area contributed by atoms with E-state index in [4.69, 9.17) is 0 Å². The fraction of sp³-hybridized carbons (Fsp3) is 0.174. The van der Waals surface area contributed by atoms with E-state index in [-0.39, 0.29) is 17.0 Å². The molecule has 0 aliphatic carbocycles. The molecular weight excluding hydrogens is 423 g/mol. The van der Waals surface area contributed by atoms with Gasteiger partial charge in [0, 0.05) is 24.7 Å². The topological polar surface area (TPSA) is 115 Å². The van der Waals surface area contributed by atoms with E-state index < -0.39 is 11.7 Å². The van der Waals surface area contributed by atoms with Crippen molar-refractivity contribution in [1.29, 1.82) is 0 Å². The lowest BCUT2D eigenvalue weighted by Gasteiger charge is -2.19. The molecule has 164 valence electrons. The lowest BCUT2D eigenvalue weighted by atomic mass is 9.98. The molecule has 9 nitrogen and oxygen atoms in total. The molecule has 5 aromatic rings. The second-order valence-electron chi connectivity index (χ2n) is 7.97. The molecule has 3 aromatic heterocycles. The molecule has 1 atom stereocenters. The SMILES string of the molecule is O=C(NCCC1CN(c2ncnc3[nH]ncc23)c2ccccc21)c1ccc2[nH]cnc2c1F. The fourth-order valence-corrected chi connectivity index (χ4v) is 4.51. The van der Waals surface area contributed by atoms with Crippen LogP contribution in [0.2, 0.25) is 0 Å². The first-order valence-electron chi connectivity index (χ1n) is 10.6. The summed E-state index contributed by atoms with van der Waals surface area (Å²) in [5, 5.41) is 10.7. The lowest BCUT2D eigenvalue weighted by Crippen LogP contribution is -2.27. The first-order chi connectivity index (χ1) is 16.2. The fourth-order valence-electron chi connectivity index (χ4n) is 4.51. The number of aromatic nitrogens is 6. The molecule has 3 N–H and O–H groups in total. The van der Waals surface area contributed by atoms with Crippen molar-refractivity contribution in [2.24, 2.45) is 0 Å². The summed E-state index contributed by atoms with van der Waals surface area (Å²) in [6, 6.07) is 11.3. The van der Waals surface area contributed by atoms with Crippen LogP contribution in [0.15, 0.2) is 55.2 Å². The lowest BCUT2D eigenvalue weighted by molar-refractivity contribution is 0.0949. The molecule has 10 heteroatoms. The van der Waals surface area contributed by atoms with Crippen molar-refractivity contribution >= 4 is 39.5 Å². The number of benzene rings is 2. The van der Waals surface area contributed by atoms with Crippen LogP contribution >= 0.6 is 0 Å². The maximum atomic E-state index is 14.6. The van der Waals surface area contributed by atoms with Gasteiger partial charge in [-0.15, -0.1) is 0 Å². The van der Waals surface area contributed by atoms with Gasteiger partial charge in [-0.3, -0.25) is 9.89 Å². The number of hydrogen-bond donors (Lipinski definition) is 3. The summed E-state index contributed by atoms with van der Waals surface area (Å²) in [5.74, 6) is -0.0906. The number of nitrogens with one attached hydrogen (secondary N) is 3. The molecule has 0 spiro atoms. The van der Waals surface area contributed by atoms with Gasteiger partial charge < -0.3 is 15.2 Å². The summed E-state index contributed by atoms with van der Waals surface area (Å²) in [7, 11) is 0. The molecular formula is C23H19FN8O. The van der Waals surface area contributed by atoms with Gasteiger partial charge in [0.15, 0.2) is 11.5 Å². The molecule has 0 saturated heterocycles. The smallest absolute Gasteiger partial charge is 0.254 e. The van der Waals surface area contributed by atoms with Crippen LogP contribution in [0.1, 0.15) is 28.3 Å². The summed E-state index contributed by atoms with van der Waals surface area (Å²) < 4.78 is 14.6. The summed E-state index contributed by atoms with van der Waals surface area (Å²) >= 11 is 0. The van der Waals surface area contributed by atoms with Crippen LogP contribution in [-0.2, 0) is 0 Å². The number of fused-ring (bicyclic) bond motifs is 3. The molecule has 0 bridgehead atoms. The Bertz CT molecular complexity index is 1490. The number of imidazole rings is 1. The van der Waals surface area contributed by atoms with Crippen molar-refractivity contribution in [3.8, 4) is 0 Å². The minimum Gasteiger partial charge on any atom is -0.352 e. The molecule has 1 aliphatic heterocycles. The molecule has 33 heavy (non-hydrogen) atoms. The number of H-pyrrole nitrogens is 2. The van der Waals surface area contributed by atoms with Crippen molar-refractivity contribution < 1.29 is 9.18 Å². The predicted molar refractivity (Wildman–Crippen MR) is 121 cm³/mol. The second-order valence-corrected chi connectivity index (χ2v) is 7.97. The van der Waals surface area contributed by atoms with Crippen molar-refractivity contribution in [3.05, 3.63) is 72.2 Å². The van der Waals surface area contributed by atoms with Crippen LogP contribution in [0.5, 0.6) is 0 Å². The molecule has 2 aromatic carbocycles. The number of amides is 1. The third-order valence-electron chi connectivity index (χ3n) is 6.11. The van der Waals surface area contributed by atoms with Crippen LogP contribution < -0.4 is 10.2 Å². The normalized spacial score (nSPS) is 15.3. The van der Waals surface area contributed by atoms with Crippen molar-refractivity contribution in [1.82, 2.24) is 35.5 Å². The maximum Gasteiger partial charge on any atom is 0.254 e. The average molecular weight is 442 g/mol. The molecule has 0 saturated carbocycles. The van der Waals surface area contributed by atoms with E-state index in [1.807, 2.05) is 12.1 Å². The van der Waals surface area contributed by atoms with Gasteiger partial charge in [0.05, 0.1) is 29.0 Å².